The van der Waals surface area contributed by atoms with Gasteiger partial charge in [-0.3, -0.25) is 5.10 Å². The summed E-state index contributed by atoms with van der Waals surface area (Å²) in [4.78, 5) is 11.2. The summed E-state index contributed by atoms with van der Waals surface area (Å²) < 4.78 is 14.5. The van der Waals surface area contributed by atoms with Crippen LogP contribution in [-0.2, 0) is 13.1 Å². The van der Waals surface area contributed by atoms with Crippen molar-refractivity contribution < 1.29 is 4.39 Å². The summed E-state index contributed by atoms with van der Waals surface area (Å²) >= 11 is 0. The van der Waals surface area contributed by atoms with E-state index >= 15 is 0 Å². The summed E-state index contributed by atoms with van der Waals surface area (Å²) in [5, 5.41) is 7.92. The molecule has 1 aliphatic rings. The molecule has 1 aliphatic heterocycles. The topological polar surface area (TPSA) is 57.7 Å². The summed E-state index contributed by atoms with van der Waals surface area (Å²) in [7, 11) is 5.92. The average molecular weight is 441 g/mol. The predicted molar refractivity (Wildman–Crippen MR) is 131 cm³/mol. The molecule has 0 fully saturated rings. The summed E-state index contributed by atoms with van der Waals surface area (Å²) in [5.41, 5.74) is 6.77. The molecule has 0 saturated heterocycles. The van der Waals surface area contributed by atoms with Crippen LogP contribution in [0.3, 0.4) is 0 Å². The van der Waals surface area contributed by atoms with E-state index in [1.165, 1.54) is 23.3 Å². The predicted octanol–water partition coefficient (Wildman–Crippen LogP) is 3.87. The molecule has 34 heavy (non-hydrogen) atoms. The normalized spacial score (nSPS) is 12.4. The van der Waals surface area contributed by atoms with Crippen LogP contribution in [0.25, 0.3) is 22.2 Å². The Kier molecular flexibility index (Phi) is 4.85. The average Bonchev–Trinajstić information content (AvgIpc) is 3.49. The van der Waals surface area contributed by atoms with Crippen molar-refractivity contribution in [2.24, 2.45) is 0 Å². The van der Waals surface area contributed by atoms with Gasteiger partial charge in [0.05, 0.1) is 17.4 Å². The molecule has 6 rings (SSSR count). The van der Waals surface area contributed by atoms with Gasteiger partial charge in [0.1, 0.15) is 13.7 Å². The van der Waals surface area contributed by atoms with E-state index in [0.29, 0.717) is 35.9 Å². The minimum Gasteiger partial charge on any atom is -0.332 e. The summed E-state index contributed by atoms with van der Waals surface area (Å²) in [6.45, 7) is 1.39. The second kappa shape index (κ2) is 8.16. The van der Waals surface area contributed by atoms with Crippen LogP contribution >= 0.6 is 0 Å². The lowest BCUT2D eigenvalue weighted by Crippen LogP contribution is -2.17. The fraction of sp³-hybridized carbons (Fsp3) is 0.0741. The van der Waals surface area contributed by atoms with Gasteiger partial charge in [0.2, 0.25) is 5.95 Å². The Morgan fingerprint density at radius 2 is 1.79 bits per heavy atom. The third kappa shape index (κ3) is 3.91. The largest absolute Gasteiger partial charge is 0.332 e. The van der Waals surface area contributed by atoms with E-state index in [1.54, 1.807) is 18.5 Å². The van der Waals surface area contributed by atoms with E-state index in [1.807, 2.05) is 42.5 Å². The molecule has 0 aliphatic carbocycles. The van der Waals surface area contributed by atoms with Crippen molar-refractivity contribution in [3.05, 3.63) is 101 Å². The lowest BCUT2D eigenvalue weighted by Gasteiger charge is -2.15. The number of H-pyrrole nitrogens is 1. The van der Waals surface area contributed by atoms with Gasteiger partial charge in [0, 0.05) is 41.4 Å². The lowest BCUT2D eigenvalue weighted by molar-refractivity contribution is 0.628. The molecular formula is C27H17BFN5. The maximum atomic E-state index is 14.5. The van der Waals surface area contributed by atoms with Gasteiger partial charge in [-0.2, -0.15) is 5.10 Å². The Bertz CT molecular complexity index is 1610. The molecule has 0 unspecified atom stereocenters. The molecule has 3 aromatic carbocycles. The first-order valence-electron chi connectivity index (χ1n) is 10.8. The van der Waals surface area contributed by atoms with E-state index in [-0.39, 0.29) is 5.82 Å². The molecular weight excluding hydrogens is 424 g/mol. The van der Waals surface area contributed by atoms with Crippen molar-refractivity contribution in [2.45, 2.75) is 13.1 Å². The molecule has 0 amide bonds. The first-order chi connectivity index (χ1) is 16.6. The smallest absolute Gasteiger partial charge is 0.226 e. The number of hydrogen-bond donors (Lipinski definition) is 1. The number of anilines is 1. The van der Waals surface area contributed by atoms with Gasteiger partial charge in [-0.25, -0.2) is 14.4 Å². The summed E-state index contributed by atoms with van der Waals surface area (Å²) in [6, 6.07) is 18.2. The molecule has 1 N–H and O–H groups in total. The highest BCUT2D eigenvalue weighted by Crippen LogP contribution is 2.27. The molecule has 2 radical (unpaired) electrons. The molecule has 0 spiro atoms. The Labute approximate surface area is 197 Å². The van der Waals surface area contributed by atoms with Crippen LogP contribution in [0.1, 0.15) is 22.3 Å². The molecule has 2 aromatic heterocycles. The van der Waals surface area contributed by atoms with Crippen molar-refractivity contribution in [3.63, 3.8) is 0 Å². The first kappa shape index (κ1) is 20.2. The maximum absolute atomic E-state index is 14.5. The van der Waals surface area contributed by atoms with Crippen LogP contribution in [0.15, 0.2) is 73.1 Å². The Morgan fingerprint density at radius 1 is 0.912 bits per heavy atom. The molecule has 0 saturated carbocycles. The Balaban J connectivity index is 1.29. The lowest BCUT2D eigenvalue weighted by atomic mass is 9.93. The standard InChI is InChI=1S/C27H17BFN5/c28-23-5-4-19-15-34(16-22(19)12-23)27-30-8-7-25(32-27)20-10-18(11-24(29)13-20)2-1-17-3-6-26-21(9-17)14-31-33-26/h3-14H,15-16H2,(H,31,33). The number of aromatic amines is 1. The van der Waals surface area contributed by atoms with Gasteiger partial charge in [0.15, 0.2) is 0 Å². The monoisotopic (exact) mass is 441 g/mol. The number of benzene rings is 3. The quantitative estimate of drug-likeness (QED) is 0.334. The van der Waals surface area contributed by atoms with Gasteiger partial charge in [0.25, 0.3) is 0 Å². The molecule has 160 valence electrons. The number of nitrogens with one attached hydrogen (secondary N) is 1. The fourth-order valence-corrected chi connectivity index (χ4v) is 4.19. The molecule has 3 heterocycles. The molecule has 0 atom stereocenters. The highest BCUT2D eigenvalue weighted by atomic mass is 19.1. The third-order valence-corrected chi connectivity index (χ3v) is 5.86. The summed E-state index contributed by atoms with van der Waals surface area (Å²) in [6.07, 6.45) is 3.45. The number of nitrogens with zero attached hydrogens (tertiary/aromatic N) is 4. The van der Waals surface area contributed by atoms with E-state index in [4.69, 9.17) is 12.8 Å². The van der Waals surface area contributed by atoms with E-state index in [9.17, 15) is 4.39 Å². The van der Waals surface area contributed by atoms with E-state index in [0.717, 1.165) is 21.9 Å². The molecule has 0 bridgehead atoms. The SMILES string of the molecule is [B]c1ccc2c(c1)CN(c1nccc(-c3cc(F)cc(C#Cc4ccc5[nH]ncc5c4)c3)n1)C2. The Hall–Kier alpha value is -4.44. The second-order valence-corrected chi connectivity index (χ2v) is 8.28. The zero-order chi connectivity index (χ0) is 23.1. The highest BCUT2D eigenvalue weighted by Gasteiger charge is 2.21. The van der Waals surface area contributed by atoms with Crippen LogP contribution in [0.2, 0.25) is 0 Å². The van der Waals surface area contributed by atoms with Crippen LogP contribution in [0.5, 0.6) is 0 Å². The van der Waals surface area contributed by atoms with Crippen LogP contribution < -0.4 is 10.4 Å². The van der Waals surface area contributed by atoms with Crippen molar-refractivity contribution in [1.82, 2.24) is 20.2 Å². The minimum absolute atomic E-state index is 0.365. The van der Waals surface area contributed by atoms with E-state index in [2.05, 4.69) is 31.9 Å². The molecule has 5 aromatic rings. The molecule has 7 heteroatoms. The Morgan fingerprint density at radius 3 is 2.74 bits per heavy atom. The maximum Gasteiger partial charge on any atom is 0.226 e. The number of aromatic nitrogens is 4. The van der Waals surface area contributed by atoms with Gasteiger partial charge in [-0.1, -0.05) is 35.5 Å². The zero-order valence-corrected chi connectivity index (χ0v) is 18.1. The van der Waals surface area contributed by atoms with Crippen molar-refractivity contribution >= 4 is 30.2 Å². The van der Waals surface area contributed by atoms with Crippen molar-refractivity contribution in [3.8, 4) is 23.1 Å². The van der Waals surface area contributed by atoms with Gasteiger partial charge in [-0.15, -0.1) is 0 Å². The van der Waals surface area contributed by atoms with E-state index < -0.39 is 0 Å². The number of fused-ring (bicyclic) bond motifs is 2. The van der Waals surface area contributed by atoms with Gasteiger partial charge < -0.3 is 4.90 Å². The zero-order valence-electron chi connectivity index (χ0n) is 18.1. The van der Waals surface area contributed by atoms with Crippen LogP contribution in [0.4, 0.5) is 10.3 Å². The fourth-order valence-electron chi connectivity index (χ4n) is 4.19. The number of rotatable bonds is 2. The highest BCUT2D eigenvalue weighted by molar-refractivity contribution is 6.32. The molecule has 5 nitrogen and oxygen atoms in total. The third-order valence-electron chi connectivity index (χ3n) is 5.86. The van der Waals surface area contributed by atoms with Crippen molar-refractivity contribution in [2.75, 3.05) is 4.90 Å². The number of hydrogen-bond acceptors (Lipinski definition) is 4. The number of halogens is 1. The van der Waals surface area contributed by atoms with Crippen LogP contribution in [0, 0.1) is 17.7 Å². The van der Waals surface area contributed by atoms with Crippen LogP contribution in [-0.4, -0.2) is 28.0 Å². The van der Waals surface area contributed by atoms with Gasteiger partial charge >= 0.3 is 0 Å². The minimum atomic E-state index is -0.365. The second-order valence-electron chi connectivity index (χ2n) is 8.28. The first-order valence-corrected chi connectivity index (χ1v) is 10.8. The summed E-state index contributed by atoms with van der Waals surface area (Å²) in [5.74, 6) is 6.41. The van der Waals surface area contributed by atoms with Gasteiger partial charge in [-0.05, 0) is 53.6 Å². The van der Waals surface area contributed by atoms with Crippen molar-refractivity contribution in [1.29, 1.82) is 0 Å².